The van der Waals surface area contributed by atoms with Gasteiger partial charge in [0.05, 0.1) is 13.1 Å². The van der Waals surface area contributed by atoms with Crippen molar-refractivity contribution in [2.75, 3.05) is 26.7 Å². The fourth-order valence-electron chi connectivity index (χ4n) is 1.57. The van der Waals surface area contributed by atoms with E-state index in [-0.39, 0.29) is 5.91 Å². The number of carbonyl (C=O) groups is 1. The SMILES string of the molecule is CCCNC(=O)CN(C)Cc1cc(C#CCN)cs1. The van der Waals surface area contributed by atoms with Crippen LogP contribution in [0.2, 0.25) is 0 Å². The third-order valence-electron chi connectivity index (χ3n) is 2.40. The van der Waals surface area contributed by atoms with Gasteiger partial charge in [-0.25, -0.2) is 0 Å². The molecule has 3 N–H and O–H groups in total. The van der Waals surface area contributed by atoms with Gasteiger partial charge >= 0.3 is 0 Å². The Bertz CT molecular complexity index is 459. The van der Waals surface area contributed by atoms with Gasteiger partial charge in [-0.2, -0.15) is 0 Å². The second kappa shape index (κ2) is 8.70. The molecule has 1 aromatic rings. The first kappa shape index (κ1) is 15.7. The highest BCUT2D eigenvalue weighted by molar-refractivity contribution is 7.10. The Morgan fingerprint density at radius 2 is 2.37 bits per heavy atom. The van der Waals surface area contributed by atoms with Crippen LogP contribution in [0.4, 0.5) is 0 Å². The van der Waals surface area contributed by atoms with Crippen LogP contribution >= 0.6 is 11.3 Å². The highest BCUT2D eigenvalue weighted by Crippen LogP contribution is 2.15. The molecule has 0 aromatic carbocycles. The number of nitrogens with two attached hydrogens (primary N) is 1. The van der Waals surface area contributed by atoms with Crippen LogP contribution < -0.4 is 11.1 Å². The fourth-order valence-corrected chi connectivity index (χ4v) is 2.46. The van der Waals surface area contributed by atoms with Gasteiger partial charge in [0.2, 0.25) is 5.91 Å². The molecule has 0 fully saturated rings. The summed E-state index contributed by atoms with van der Waals surface area (Å²) in [4.78, 5) is 14.8. The quantitative estimate of drug-likeness (QED) is 0.764. The molecule has 0 unspecified atom stereocenters. The molecule has 0 aliphatic rings. The van der Waals surface area contributed by atoms with Gasteiger partial charge in [0, 0.05) is 28.9 Å². The predicted octanol–water partition coefficient (Wildman–Crippen LogP) is 1.02. The van der Waals surface area contributed by atoms with Crippen LogP contribution in [-0.4, -0.2) is 37.5 Å². The molecule has 0 radical (unpaired) electrons. The molecule has 0 bridgehead atoms. The largest absolute Gasteiger partial charge is 0.355 e. The highest BCUT2D eigenvalue weighted by Gasteiger charge is 2.07. The monoisotopic (exact) mass is 279 g/mol. The minimum absolute atomic E-state index is 0.0732. The lowest BCUT2D eigenvalue weighted by molar-refractivity contribution is -0.122. The normalized spacial score (nSPS) is 10.1. The number of carbonyl (C=O) groups excluding carboxylic acids is 1. The highest BCUT2D eigenvalue weighted by atomic mass is 32.1. The lowest BCUT2D eigenvalue weighted by Crippen LogP contribution is -2.35. The van der Waals surface area contributed by atoms with Crippen molar-refractivity contribution < 1.29 is 4.79 Å². The summed E-state index contributed by atoms with van der Waals surface area (Å²) in [5.74, 6) is 5.91. The van der Waals surface area contributed by atoms with Crippen LogP contribution in [0.15, 0.2) is 11.4 Å². The van der Waals surface area contributed by atoms with Crippen LogP contribution in [0, 0.1) is 11.8 Å². The molecule has 0 saturated carbocycles. The van der Waals surface area contributed by atoms with Gasteiger partial charge in [-0.3, -0.25) is 9.69 Å². The Morgan fingerprint density at radius 3 is 3.05 bits per heavy atom. The number of hydrogen-bond acceptors (Lipinski definition) is 4. The first-order valence-electron chi connectivity index (χ1n) is 6.37. The van der Waals surface area contributed by atoms with Gasteiger partial charge in [0.1, 0.15) is 0 Å². The van der Waals surface area contributed by atoms with Crippen molar-refractivity contribution in [3.63, 3.8) is 0 Å². The number of thiophene rings is 1. The predicted molar refractivity (Wildman–Crippen MR) is 79.9 cm³/mol. The standard InChI is InChI=1S/C14H21N3OS/c1-3-7-16-14(18)10-17(2)9-13-8-12(11-19-13)5-4-6-15/h8,11H,3,6-7,9-10,15H2,1-2H3,(H,16,18). The molecule has 0 saturated heterocycles. The summed E-state index contributed by atoms with van der Waals surface area (Å²) < 4.78 is 0. The Morgan fingerprint density at radius 1 is 1.58 bits per heavy atom. The van der Waals surface area contributed by atoms with E-state index in [0.29, 0.717) is 13.1 Å². The molecule has 104 valence electrons. The molecule has 0 aliphatic heterocycles. The zero-order chi connectivity index (χ0) is 14.1. The fraction of sp³-hybridized carbons (Fsp3) is 0.500. The zero-order valence-corrected chi connectivity index (χ0v) is 12.3. The summed E-state index contributed by atoms with van der Waals surface area (Å²) in [5.41, 5.74) is 6.33. The smallest absolute Gasteiger partial charge is 0.234 e. The maximum absolute atomic E-state index is 11.6. The lowest BCUT2D eigenvalue weighted by atomic mass is 10.3. The van der Waals surface area contributed by atoms with Crippen molar-refractivity contribution in [3.8, 4) is 11.8 Å². The van der Waals surface area contributed by atoms with Crippen molar-refractivity contribution in [1.82, 2.24) is 10.2 Å². The summed E-state index contributed by atoms with van der Waals surface area (Å²) in [6, 6.07) is 2.05. The maximum atomic E-state index is 11.6. The van der Waals surface area contributed by atoms with E-state index in [1.807, 2.05) is 30.3 Å². The Labute approximate surface area is 119 Å². The Hall–Kier alpha value is -1.35. The van der Waals surface area contributed by atoms with E-state index in [1.54, 1.807) is 11.3 Å². The summed E-state index contributed by atoms with van der Waals surface area (Å²) in [5, 5.41) is 4.89. The van der Waals surface area contributed by atoms with Crippen LogP contribution in [0.1, 0.15) is 23.8 Å². The second-order valence-electron chi connectivity index (χ2n) is 4.33. The molecule has 1 aromatic heterocycles. The molecule has 5 heteroatoms. The molecular weight excluding hydrogens is 258 g/mol. The van der Waals surface area contributed by atoms with Crippen molar-refractivity contribution in [2.45, 2.75) is 19.9 Å². The summed E-state index contributed by atoms with van der Waals surface area (Å²) >= 11 is 1.66. The average molecular weight is 279 g/mol. The summed E-state index contributed by atoms with van der Waals surface area (Å²) in [6.07, 6.45) is 0.962. The van der Waals surface area contributed by atoms with Gasteiger partial charge in [-0.1, -0.05) is 18.8 Å². The van der Waals surface area contributed by atoms with Crippen LogP contribution in [-0.2, 0) is 11.3 Å². The Balaban J connectivity index is 2.41. The van der Waals surface area contributed by atoms with E-state index >= 15 is 0 Å². The lowest BCUT2D eigenvalue weighted by Gasteiger charge is -2.14. The number of amides is 1. The Kier molecular flexibility index (Phi) is 7.19. The average Bonchev–Trinajstić information content (AvgIpc) is 2.81. The van der Waals surface area contributed by atoms with E-state index in [0.717, 1.165) is 25.1 Å². The number of hydrogen-bond donors (Lipinski definition) is 2. The number of nitrogens with one attached hydrogen (secondary N) is 1. The molecule has 0 atom stereocenters. The van der Waals surface area contributed by atoms with Crippen molar-refractivity contribution in [3.05, 3.63) is 21.9 Å². The van der Waals surface area contributed by atoms with Gasteiger partial charge in [-0.15, -0.1) is 11.3 Å². The van der Waals surface area contributed by atoms with E-state index in [1.165, 1.54) is 4.88 Å². The minimum Gasteiger partial charge on any atom is -0.355 e. The van der Waals surface area contributed by atoms with E-state index in [2.05, 4.69) is 17.2 Å². The van der Waals surface area contributed by atoms with Gasteiger partial charge in [0.25, 0.3) is 0 Å². The van der Waals surface area contributed by atoms with Gasteiger partial charge < -0.3 is 11.1 Å². The van der Waals surface area contributed by atoms with Gasteiger partial charge in [0.15, 0.2) is 0 Å². The first-order chi connectivity index (χ1) is 9.15. The molecule has 19 heavy (non-hydrogen) atoms. The van der Waals surface area contributed by atoms with Crippen molar-refractivity contribution >= 4 is 17.2 Å². The van der Waals surface area contributed by atoms with Crippen molar-refractivity contribution in [1.29, 1.82) is 0 Å². The number of likely N-dealkylation sites (N-methyl/N-ethyl adjacent to an activating group) is 1. The van der Waals surface area contributed by atoms with E-state index in [9.17, 15) is 4.79 Å². The molecule has 1 rings (SSSR count). The summed E-state index contributed by atoms with van der Waals surface area (Å²) in [6.45, 7) is 4.34. The zero-order valence-electron chi connectivity index (χ0n) is 11.5. The molecule has 4 nitrogen and oxygen atoms in total. The third-order valence-corrected chi connectivity index (χ3v) is 3.32. The second-order valence-corrected chi connectivity index (χ2v) is 5.33. The topological polar surface area (TPSA) is 58.4 Å². The minimum atomic E-state index is 0.0732. The van der Waals surface area contributed by atoms with E-state index in [4.69, 9.17) is 5.73 Å². The number of rotatable bonds is 6. The molecule has 0 aliphatic carbocycles. The third kappa shape index (κ3) is 6.39. The van der Waals surface area contributed by atoms with Gasteiger partial charge in [-0.05, 0) is 19.5 Å². The van der Waals surface area contributed by atoms with Crippen molar-refractivity contribution in [2.24, 2.45) is 5.73 Å². The molecule has 0 spiro atoms. The molecule has 1 heterocycles. The van der Waals surface area contributed by atoms with Crippen LogP contribution in [0.3, 0.4) is 0 Å². The molecular formula is C14H21N3OS. The van der Waals surface area contributed by atoms with Crippen LogP contribution in [0.25, 0.3) is 0 Å². The first-order valence-corrected chi connectivity index (χ1v) is 7.25. The number of nitrogens with zero attached hydrogens (tertiary/aromatic N) is 1. The summed E-state index contributed by atoms with van der Waals surface area (Å²) in [7, 11) is 1.94. The van der Waals surface area contributed by atoms with E-state index < -0.39 is 0 Å². The maximum Gasteiger partial charge on any atom is 0.234 e. The van der Waals surface area contributed by atoms with Crippen LogP contribution in [0.5, 0.6) is 0 Å². The molecule has 1 amide bonds.